The van der Waals surface area contributed by atoms with Crippen LogP contribution in [0.1, 0.15) is 13.3 Å². The topological polar surface area (TPSA) is 119 Å². The Balaban J connectivity index is 2.96. The van der Waals surface area contributed by atoms with Crippen LogP contribution in [0.2, 0.25) is 0 Å². The minimum atomic E-state index is -2.33. The molecule has 4 N–H and O–H groups in total. The molecule has 1 aromatic carbocycles. The lowest BCUT2D eigenvalue weighted by molar-refractivity contribution is -0.384. The Morgan fingerprint density at radius 1 is 1.56 bits per heavy atom. The number of nitrogens with two attached hydrogens (primary N) is 1. The molecule has 0 amide bonds. The second kappa shape index (κ2) is 4.33. The van der Waals surface area contributed by atoms with Gasteiger partial charge in [0, 0.05) is 18.6 Å². The third kappa shape index (κ3) is 2.81. The van der Waals surface area contributed by atoms with Crippen LogP contribution in [-0.4, -0.2) is 21.1 Å². The molecule has 0 saturated heterocycles. The van der Waals surface area contributed by atoms with Crippen LogP contribution < -0.4 is 10.5 Å². The summed E-state index contributed by atoms with van der Waals surface area (Å²) < 4.78 is 4.78. The van der Waals surface area contributed by atoms with Crippen LogP contribution >= 0.6 is 0 Å². The van der Waals surface area contributed by atoms with E-state index in [2.05, 4.69) is 0 Å². The van der Waals surface area contributed by atoms with Crippen molar-refractivity contribution in [1.29, 1.82) is 0 Å². The van der Waals surface area contributed by atoms with E-state index < -0.39 is 10.9 Å². The lowest BCUT2D eigenvalue weighted by Gasteiger charge is -2.21. The zero-order valence-corrected chi connectivity index (χ0v) is 8.58. The van der Waals surface area contributed by atoms with Crippen molar-refractivity contribution in [2.45, 2.75) is 19.3 Å². The number of nitro benzene ring substituents is 1. The molecule has 0 aliphatic rings. The molecule has 0 aromatic heterocycles. The summed E-state index contributed by atoms with van der Waals surface area (Å²) in [7, 11) is 0. The molecule has 16 heavy (non-hydrogen) atoms. The maximum Gasteiger partial charge on any atom is 0.321 e. The first-order valence-corrected chi connectivity index (χ1v) is 4.53. The highest BCUT2D eigenvalue weighted by atomic mass is 16.8. The third-order valence-electron chi connectivity index (χ3n) is 1.94. The van der Waals surface area contributed by atoms with E-state index in [0.717, 1.165) is 12.1 Å². The summed E-state index contributed by atoms with van der Waals surface area (Å²) in [5.74, 6) is -2.35. The fraction of sp³-hybridized carbons (Fsp3) is 0.333. The van der Waals surface area contributed by atoms with Gasteiger partial charge in [-0.2, -0.15) is 0 Å². The largest absolute Gasteiger partial charge is 0.437 e. The SMILES string of the molecule is CCC(O)(O)Oc1ccc([N+](=O)[O-])cc1N. The molecule has 0 bridgehead atoms. The smallest absolute Gasteiger partial charge is 0.321 e. The van der Waals surface area contributed by atoms with Gasteiger partial charge in [0.1, 0.15) is 5.75 Å². The lowest BCUT2D eigenvalue weighted by atomic mass is 10.2. The van der Waals surface area contributed by atoms with Gasteiger partial charge in [-0.1, -0.05) is 6.92 Å². The van der Waals surface area contributed by atoms with E-state index in [9.17, 15) is 20.3 Å². The summed E-state index contributed by atoms with van der Waals surface area (Å²) in [6.45, 7) is 1.50. The maximum atomic E-state index is 10.4. The first kappa shape index (κ1) is 12.2. The number of nitrogen functional groups attached to an aromatic ring is 1. The molecule has 0 radical (unpaired) electrons. The van der Waals surface area contributed by atoms with Gasteiger partial charge in [-0.05, 0) is 6.07 Å². The summed E-state index contributed by atoms with van der Waals surface area (Å²) in [6, 6.07) is 3.46. The van der Waals surface area contributed by atoms with Gasteiger partial charge in [-0.3, -0.25) is 10.1 Å². The Kier molecular flexibility index (Phi) is 3.31. The summed E-state index contributed by atoms with van der Waals surface area (Å²) in [6.07, 6.45) is -0.0660. The number of ether oxygens (including phenoxy) is 1. The van der Waals surface area contributed by atoms with Crippen molar-refractivity contribution in [3.8, 4) is 5.75 Å². The lowest BCUT2D eigenvalue weighted by Crippen LogP contribution is -2.34. The number of hydrogen-bond donors (Lipinski definition) is 3. The predicted molar refractivity (Wildman–Crippen MR) is 55.6 cm³/mol. The highest BCUT2D eigenvalue weighted by molar-refractivity contribution is 5.58. The van der Waals surface area contributed by atoms with Crippen molar-refractivity contribution >= 4 is 11.4 Å². The maximum absolute atomic E-state index is 10.4. The molecule has 0 fully saturated rings. The van der Waals surface area contributed by atoms with Gasteiger partial charge in [-0.25, -0.2) is 0 Å². The van der Waals surface area contributed by atoms with Crippen LogP contribution in [-0.2, 0) is 0 Å². The fourth-order valence-electron chi connectivity index (χ4n) is 0.991. The average molecular weight is 228 g/mol. The highest BCUT2D eigenvalue weighted by Gasteiger charge is 2.24. The summed E-state index contributed by atoms with van der Waals surface area (Å²) in [5, 5.41) is 28.9. The minimum Gasteiger partial charge on any atom is -0.437 e. The monoisotopic (exact) mass is 228 g/mol. The average Bonchev–Trinajstić information content (AvgIpc) is 2.20. The van der Waals surface area contributed by atoms with Crippen molar-refractivity contribution in [3.63, 3.8) is 0 Å². The first-order valence-electron chi connectivity index (χ1n) is 4.53. The van der Waals surface area contributed by atoms with Crippen LogP contribution in [0, 0.1) is 10.1 Å². The van der Waals surface area contributed by atoms with Crippen molar-refractivity contribution in [3.05, 3.63) is 28.3 Å². The quantitative estimate of drug-likeness (QED) is 0.300. The molecule has 88 valence electrons. The molecule has 0 saturated carbocycles. The zero-order chi connectivity index (χ0) is 12.3. The van der Waals surface area contributed by atoms with E-state index in [1.807, 2.05) is 0 Å². The zero-order valence-electron chi connectivity index (χ0n) is 8.58. The van der Waals surface area contributed by atoms with E-state index in [1.165, 1.54) is 13.0 Å². The Morgan fingerprint density at radius 3 is 2.62 bits per heavy atom. The van der Waals surface area contributed by atoms with Crippen LogP contribution in [0.5, 0.6) is 5.75 Å². The highest BCUT2D eigenvalue weighted by Crippen LogP contribution is 2.28. The van der Waals surface area contributed by atoms with E-state index in [1.54, 1.807) is 0 Å². The second-order valence-corrected chi connectivity index (χ2v) is 3.18. The molecule has 0 heterocycles. The van der Waals surface area contributed by atoms with E-state index in [0.29, 0.717) is 0 Å². The predicted octanol–water partition coefficient (Wildman–Crippen LogP) is 0.604. The normalized spacial score (nSPS) is 11.2. The van der Waals surface area contributed by atoms with Crippen LogP contribution in [0.3, 0.4) is 0 Å². The van der Waals surface area contributed by atoms with Gasteiger partial charge in [0.05, 0.1) is 10.6 Å². The second-order valence-electron chi connectivity index (χ2n) is 3.18. The van der Waals surface area contributed by atoms with Crippen LogP contribution in [0.25, 0.3) is 0 Å². The van der Waals surface area contributed by atoms with Gasteiger partial charge < -0.3 is 20.7 Å². The van der Waals surface area contributed by atoms with E-state index in [4.69, 9.17) is 10.5 Å². The fourth-order valence-corrected chi connectivity index (χ4v) is 0.991. The van der Waals surface area contributed by atoms with Crippen LogP contribution in [0.4, 0.5) is 11.4 Å². The number of nitro groups is 1. The Bertz CT molecular complexity index is 405. The summed E-state index contributed by atoms with van der Waals surface area (Å²) in [5.41, 5.74) is 5.25. The molecule has 1 rings (SSSR count). The number of rotatable bonds is 4. The number of hydrogen-bond acceptors (Lipinski definition) is 6. The molecule has 1 aromatic rings. The molecule has 7 heteroatoms. The van der Waals surface area contributed by atoms with E-state index in [-0.39, 0.29) is 23.5 Å². The molecule has 0 aliphatic carbocycles. The van der Waals surface area contributed by atoms with Crippen molar-refractivity contribution in [2.75, 3.05) is 5.73 Å². The Morgan fingerprint density at radius 2 is 2.19 bits per heavy atom. The van der Waals surface area contributed by atoms with Crippen molar-refractivity contribution < 1.29 is 19.9 Å². The van der Waals surface area contributed by atoms with Gasteiger partial charge in [0.25, 0.3) is 5.69 Å². The van der Waals surface area contributed by atoms with Gasteiger partial charge >= 0.3 is 5.97 Å². The van der Waals surface area contributed by atoms with Crippen molar-refractivity contribution in [2.24, 2.45) is 0 Å². The molecule has 0 aliphatic heterocycles. The number of nitrogens with zero attached hydrogens (tertiary/aromatic N) is 1. The summed E-state index contributed by atoms with van der Waals surface area (Å²) >= 11 is 0. The number of non-ortho nitro benzene ring substituents is 1. The molecule has 0 atom stereocenters. The van der Waals surface area contributed by atoms with Gasteiger partial charge in [-0.15, -0.1) is 0 Å². The minimum absolute atomic E-state index is 0.0162. The standard InChI is InChI=1S/C9H12N2O5/c1-2-9(12,13)16-8-4-3-6(11(14)15)5-7(8)10/h3-5,12-13H,2,10H2,1H3. The molecule has 0 spiro atoms. The third-order valence-corrected chi connectivity index (χ3v) is 1.94. The summed E-state index contributed by atoms with van der Waals surface area (Å²) in [4.78, 5) is 9.81. The Hall–Kier alpha value is -1.86. The van der Waals surface area contributed by atoms with Crippen LogP contribution in [0.15, 0.2) is 18.2 Å². The van der Waals surface area contributed by atoms with Gasteiger partial charge in [0.15, 0.2) is 0 Å². The molecule has 0 unspecified atom stereocenters. The van der Waals surface area contributed by atoms with E-state index >= 15 is 0 Å². The molecule has 7 nitrogen and oxygen atoms in total. The Labute approximate surface area is 91.2 Å². The van der Waals surface area contributed by atoms with Gasteiger partial charge in [0.2, 0.25) is 0 Å². The van der Waals surface area contributed by atoms with Crippen molar-refractivity contribution in [1.82, 2.24) is 0 Å². The number of aliphatic hydroxyl groups is 2. The molecular weight excluding hydrogens is 216 g/mol. The first-order chi connectivity index (χ1) is 7.35. The molecular formula is C9H12N2O5. The number of anilines is 1. The number of benzene rings is 1.